The molecule has 8 heteroatoms. The van der Waals surface area contributed by atoms with Gasteiger partial charge in [-0.05, 0) is 12.8 Å². The third-order valence-electron chi connectivity index (χ3n) is 2.79. The van der Waals surface area contributed by atoms with Crippen molar-refractivity contribution in [3.05, 3.63) is 0 Å². The van der Waals surface area contributed by atoms with Gasteiger partial charge in [0, 0.05) is 0 Å². The highest BCUT2D eigenvalue weighted by atomic mass is 79.9. The first-order valence-electron chi connectivity index (χ1n) is 5.25. The van der Waals surface area contributed by atoms with Crippen LogP contribution < -0.4 is 5.32 Å². The van der Waals surface area contributed by atoms with Crippen LogP contribution in [-0.2, 0) is 9.59 Å². The van der Waals surface area contributed by atoms with Crippen LogP contribution in [0.4, 0.5) is 17.6 Å². The molecule has 1 amide bonds. The lowest BCUT2D eigenvalue weighted by molar-refractivity contribution is -0.172. The van der Waals surface area contributed by atoms with Crippen LogP contribution in [0.1, 0.15) is 26.7 Å². The van der Waals surface area contributed by atoms with Crippen LogP contribution in [0.15, 0.2) is 0 Å². The first-order valence-corrected chi connectivity index (χ1v) is 6.37. The first-order chi connectivity index (χ1) is 8.17. The van der Waals surface area contributed by atoms with E-state index in [0.717, 1.165) is 0 Å². The molecule has 1 N–H and O–H groups in total. The third kappa shape index (κ3) is 3.43. The van der Waals surface area contributed by atoms with E-state index in [1.807, 2.05) is 0 Å². The fourth-order valence-electron chi connectivity index (χ4n) is 1.42. The Bertz CT molecular complexity index is 319. The Balaban J connectivity index is 5.13. The number of Topliss-reactive ketones (excluding diaryl/α,β-unsaturated/α-hetero) is 1. The summed E-state index contributed by atoms with van der Waals surface area (Å²) in [6.45, 7) is 3.01. The Hall–Kier alpha value is -0.660. The molecular formula is C10H14BrF4NO2. The summed E-state index contributed by atoms with van der Waals surface area (Å²) in [5.41, 5.74) is -1.54. The van der Waals surface area contributed by atoms with Crippen molar-refractivity contribution < 1.29 is 27.2 Å². The lowest BCUT2D eigenvalue weighted by Gasteiger charge is -2.32. The molecule has 0 bridgehead atoms. The molecular weight excluding hydrogens is 322 g/mol. The number of amides is 1. The highest BCUT2D eigenvalue weighted by Crippen LogP contribution is 2.26. The van der Waals surface area contributed by atoms with Crippen molar-refractivity contribution >= 4 is 27.6 Å². The Morgan fingerprint density at radius 3 is 1.94 bits per heavy atom. The summed E-state index contributed by atoms with van der Waals surface area (Å²) in [7, 11) is 0. The predicted molar refractivity (Wildman–Crippen MR) is 61.2 cm³/mol. The number of ketones is 1. The van der Waals surface area contributed by atoms with Gasteiger partial charge in [-0.1, -0.05) is 29.8 Å². The van der Waals surface area contributed by atoms with E-state index in [4.69, 9.17) is 0 Å². The minimum Gasteiger partial charge on any atom is -0.338 e. The topological polar surface area (TPSA) is 46.2 Å². The zero-order chi connectivity index (χ0) is 14.6. The van der Waals surface area contributed by atoms with E-state index in [9.17, 15) is 27.2 Å². The van der Waals surface area contributed by atoms with Gasteiger partial charge in [0.25, 0.3) is 5.91 Å². The Morgan fingerprint density at radius 1 is 1.22 bits per heavy atom. The summed E-state index contributed by atoms with van der Waals surface area (Å²) in [6, 6.07) is 0. The molecule has 0 unspecified atom stereocenters. The van der Waals surface area contributed by atoms with Crippen LogP contribution in [0.25, 0.3) is 0 Å². The van der Waals surface area contributed by atoms with Crippen molar-refractivity contribution in [2.24, 2.45) is 0 Å². The number of rotatable bonds is 7. The van der Waals surface area contributed by atoms with Crippen LogP contribution in [0, 0.1) is 0 Å². The molecule has 0 fully saturated rings. The molecule has 0 saturated heterocycles. The van der Waals surface area contributed by atoms with E-state index in [-0.39, 0.29) is 18.2 Å². The first kappa shape index (κ1) is 17.3. The Labute approximate surface area is 110 Å². The molecule has 0 spiro atoms. The number of nitrogens with one attached hydrogen (secondary N) is 1. The normalized spacial score (nSPS) is 12.7. The van der Waals surface area contributed by atoms with E-state index in [1.165, 1.54) is 13.8 Å². The molecule has 0 aliphatic carbocycles. The number of carbonyl (C=O) groups is 2. The lowest BCUT2D eigenvalue weighted by atomic mass is 9.88. The second-order valence-electron chi connectivity index (χ2n) is 3.72. The van der Waals surface area contributed by atoms with Crippen molar-refractivity contribution in [3.8, 4) is 0 Å². The fourth-order valence-corrected chi connectivity index (χ4v) is 1.96. The van der Waals surface area contributed by atoms with E-state index in [0.29, 0.717) is 0 Å². The summed E-state index contributed by atoms with van der Waals surface area (Å²) < 4.78 is 49.7. The molecule has 0 aliphatic rings. The molecule has 0 rings (SSSR count). The number of hydrogen-bond acceptors (Lipinski definition) is 2. The molecule has 0 aromatic rings. The molecule has 0 saturated carbocycles. The van der Waals surface area contributed by atoms with Crippen molar-refractivity contribution in [1.82, 2.24) is 5.32 Å². The number of carbonyl (C=O) groups excluding carboxylic acids is 2. The summed E-state index contributed by atoms with van der Waals surface area (Å²) in [5, 5.41) is 1.60. The molecule has 3 nitrogen and oxygen atoms in total. The highest BCUT2D eigenvalue weighted by molar-refractivity contribution is 9.09. The molecule has 0 aromatic heterocycles. The predicted octanol–water partition coefficient (Wildman–Crippen LogP) is 2.53. The van der Waals surface area contributed by atoms with Crippen molar-refractivity contribution in [1.29, 1.82) is 0 Å². The quantitative estimate of drug-likeness (QED) is 0.574. The van der Waals surface area contributed by atoms with E-state index < -0.39 is 29.6 Å². The highest BCUT2D eigenvalue weighted by Gasteiger charge is 2.51. The van der Waals surface area contributed by atoms with Gasteiger partial charge in [0.2, 0.25) is 0 Å². The maximum absolute atomic E-state index is 12.8. The maximum Gasteiger partial charge on any atom is 0.383 e. The zero-order valence-electron chi connectivity index (χ0n) is 9.90. The second-order valence-corrected chi connectivity index (χ2v) is 4.28. The average molecular weight is 336 g/mol. The summed E-state index contributed by atoms with van der Waals surface area (Å²) in [6.07, 6.45) is -4.03. The fraction of sp³-hybridized carbons (Fsp3) is 0.800. The molecule has 18 heavy (non-hydrogen) atoms. The second kappa shape index (κ2) is 6.49. The van der Waals surface area contributed by atoms with Crippen molar-refractivity contribution in [3.63, 3.8) is 0 Å². The lowest BCUT2D eigenvalue weighted by Crippen LogP contribution is -2.59. The minimum atomic E-state index is -4.80. The van der Waals surface area contributed by atoms with Crippen LogP contribution in [-0.4, -0.2) is 34.9 Å². The summed E-state index contributed by atoms with van der Waals surface area (Å²) in [4.78, 5) is 22.8. The summed E-state index contributed by atoms with van der Waals surface area (Å²) >= 11 is 2.87. The van der Waals surface area contributed by atoms with Crippen LogP contribution in [0.5, 0.6) is 0 Å². The number of halogens is 5. The van der Waals surface area contributed by atoms with Gasteiger partial charge in [-0.15, -0.1) is 0 Å². The van der Waals surface area contributed by atoms with E-state index in [1.54, 1.807) is 5.32 Å². The van der Waals surface area contributed by atoms with Gasteiger partial charge in [0.15, 0.2) is 5.78 Å². The van der Waals surface area contributed by atoms with Gasteiger partial charge >= 0.3 is 12.3 Å². The van der Waals surface area contributed by atoms with Gasteiger partial charge in [0.1, 0.15) is 0 Å². The van der Waals surface area contributed by atoms with Gasteiger partial charge in [-0.25, -0.2) is 8.78 Å². The molecule has 0 radical (unpaired) electrons. The maximum atomic E-state index is 12.8. The Kier molecular flexibility index (Phi) is 6.25. The largest absolute Gasteiger partial charge is 0.383 e. The SMILES string of the molecule is CCC(CC)(NC(=O)C(F)(F)C(F)F)C(=O)CBr. The number of alkyl halides is 5. The summed E-state index contributed by atoms with van der Waals surface area (Å²) in [5.74, 6) is -7.47. The minimum absolute atomic E-state index is 0.0407. The van der Waals surface area contributed by atoms with Crippen LogP contribution in [0.2, 0.25) is 0 Å². The van der Waals surface area contributed by atoms with Gasteiger partial charge in [0.05, 0.1) is 10.9 Å². The van der Waals surface area contributed by atoms with Gasteiger partial charge in [-0.2, -0.15) is 8.78 Å². The Morgan fingerprint density at radius 2 is 1.67 bits per heavy atom. The molecule has 106 valence electrons. The molecule has 0 aliphatic heterocycles. The van der Waals surface area contributed by atoms with E-state index >= 15 is 0 Å². The van der Waals surface area contributed by atoms with Crippen molar-refractivity contribution in [2.45, 2.75) is 44.6 Å². The number of hydrogen-bond donors (Lipinski definition) is 1. The molecule has 0 heterocycles. The zero-order valence-corrected chi connectivity index (χ0v) is 11.5. The standard InChI is InChI=1S/C10H14BrF4NO2/c1-3-9(4-2,6(17)5-11)16-8(18)10(14,15)7(12)13/h7H,3-5H2,1-2H3,(H,16,18). The monoisotopic (exact) mass is 335 g/mol. The van der Waals surface area contributed by atoms with Crippen molar-refractivity contribution in [2.75, 3.05) is 5.33 Å². The molecule has 0 aromatic carbocycles. The molecule has 0 atom stereocenters. The average Bonchev–Trinajstić information content (AvgIpc) is 2.34. The van der Waals surface area contributed by atoms with Gasteiger partial charge < -0.3 is 5.32 Å². The van der Waals surface area contributed by atoms with Gasteiger partial charge in [-0.3, -0.25) is 9.59 Å². The van der Waals surface area contributed by atoms with Crippen LogP contribution in [0.3, 0.4) is 0 Å². The van der Waals surface area contributed by atoms with Crippen LogP contribution >= 0.6 is 15.9 Å². The smallest absolute Gasteiger partial charge is 0.338 e. The van der Waals surface area contributed by atoms with E-state index in [2.05, 4.69) is 15.9 Å². The third-order valence-corrected chi connectivity index (χ3v) is 3.30.